The summed E-state index contributed by atoms with van der Waals surface area (Å²) in [5, 5.41) is 0. The maximum Gasteiger partial charge on any atom is 0.243 e. The van der Waals surface area contributed by atoms with Gasteiger partial charge in [-0.05, 0) is 50.0 Å². The van der Waals surface area contributed by atoms with Crippen molar-refractivity contribution < 1.29 is 8.42 Å². The first-order valence-corrected chi connectivity index (χ1v) is 9.89. The van der Waals surface area contributed by atoms with E-state index >= 15 is 0 Å². The normalized spacial score (nSPS) is 30.9. The summed E-state index contributed by atoms with van der Waals surface area (Å²) in [4.78, 5) is 0.101. The molecule has 0 aliphatic heterocycles. The zero-order valence-corrected chi connectivity index (χ0v) is 14.2. The summed E-state index contributed by atoms with van der Waals surface area (Å²) in [5.41, 5.74) is 0. The summed E-state index contributed by atoms with van der Waals surface area (Å²) in [7, 11) is -3.58. The fraction of sp³-hybridized carbons (Fsp3) is 0.692. The van der Waals surface area contributed by atoms with Gasteiger partial charge in [0.2, 0.25) is 10.0 Å². The Morgan fingerprint density at radius 3 is 2.60 bits per heavy atom. The van der Waals surface area contributed by atoms with E-state index in [1.165, 1.54) is 25.3 Å². The molecule has 2 saturated carbocycles. The molecule has 7 heteroatoms. The lowest BCUT2D eigenvalue weighted by Gasteiger charge is -2.28. The Labute approximate surface area is 133 Å². The van der Waals surface area contributed by atoms with Crippen LogP contribution in [0.4, 0.5) is 0 Å². The smallest absolute Gasteiger partial charge is 0.208 e. The molecule has 2 aliphatic rings. The predicted octanol–water partition coefficient (Wildman–Crippen LogP) is 4.16. The van der Waals surface area contributed by atoms with E-state index in [-0.39, 0.29) is 15.3 Å². The highest BCUT2D eigenvalue weighted by Gasteiger charge is 2.42. The zero-order chi connectivity index (χ0) is 14.5. The second-order valence-electron chi connectivity index (χ2n) is 5.94. The molecule has 1 N–H and O–H groups in total. The fourth-order valence-corrected chi connectivity index (χ4v) is 7.25. The van der Waals surface area contributed by atoms with Crippen molar-refractivity contribution in [1.82, 2.24) is 4.72 Å². The molecule has 20 heavy (non-hydrogen) atoms. The van der Waals surface area contributed by atoms with Crippen molar-refractivity contribution in [2.45, 2.75) is 43.5 Å². The van der Waals surface area contributed by atoms with Gasteiger partial charge in [0.25, 0.3) is 0 Å². The van der Waals surface area contributed by atoms with Gasteiger partial charge in [0, 0.05) is 6.04 Å². The lowest BCUT2D eigenvalue weighted by molar-refractivity contribution is 0.280. The van der Waals surface area contributed by atoms with Crippen molar-refractivity contribution in [3.05, 3.63) is 14.7 Å². The third-order valence-corrected chi connectivity index (χ3v) is 8.00. The van der Waals surface area contributed by atoms with Crippen molar-refractivity contribution in [3.8, 4) is 0 Å². The number of rotatable bonds is 4. The zero-order valence-electron chi connectivity index (χ0n) is 11.1. The highest BCUT2D eigenvalue weighted by atomic mass is 35.5. The van der Waals surface area contributed by atoms with Crippen LogP contribution in [0.3, 0.4) is 0 Å². The van der Waals surface area contributed by atoms with Crippen LogP contribution in [-0.2, 0) is 10.0 Å². The largest absolute Gasteiger partial charge is 0.243 e. The van der Waals surface area contributed by atoms with Gasteiger partial charge in [-0.2, -0.15) is 0 Å². The number of nitrogens with one attached hydrogen (secondary N) is 1. The Hall–Kier alpha value is 0.190. The average Bonchev–Trinajstić information content (AvgIpc) is 3.03. The first kappa shape index (κ1) is 15.1. The van der Waals surface area contributed by atoms with Gasteiger partial charge in [-0.3, -0.25) is 0 Å². The van der Waals surface area contributed by atoms with Crippen LogP contribution in [0, 0.1) is 17.8 Å². The summed E-state index contributed by atoms with van der Waals surface area (Å²) in [5.74, 6) is 1.94. The van der Waals surface area contributed by atoms with E-state index in [1.54, 1.807) is 0 Å². The van der Waals surface area contributed by atoms with Crippen LogP contribution in [0.5, 0.6) is 0 Å². The van der Waals surface area contributed by atoms with Crippen molar-refractivity contribution in [2.24, 2.45) is 17.8 Å². The molecular formula is C13H17Cl2NO2S2. The molecule has 3 nitrogen and oxygen atoms in total. The molecule has 0 saturated heterocycles. The second-order valence-corrected chi connectivity index (χ2v) is 9.91. The van der Waals surface area contributed by atoms with Crippen molar-refractivity contribution in [1.29, 1.82) is 0 Å². The van der Waals surface area contributed by atoms with E-state index in [2.05, 4.69) is 4.72 Å². The highest BCUT2D eigenvalue weighted by Crippen LogP contribution is 2.49. The Balaban J connectivity index is 1.75. The Kier molecular flexibility index (Phi) is 4.10. The van der Waals surface area contributed by atoms with Gasteiger partial charge < -0.3 is 0 Å². The van der Waals surface area contributed by atoms with Crippen molar-refractivity contribution in [3.63, 3.8) is 0 Å². The number of halogens is 2. The first-order valence-electron chi connectivity index (χ1n) is 6.84. The van der Waals surface area contributed by atoms with E-state index < -0.39 is 10.0 Å². The van der Waals surface area contributed by atoms with Crippen LogP contribution in [-0.4, -0.2) is 14.5 Å². The van der Waals surface area contributed by atoms with Crippen LogP contribution in [0.2, 0.25) is 8.67 Å². The Morgan fingerprint density at radius 2 is 2.10 bits per heavy atom. The third-order valence-electron chi connectivity index (χ3n) is 4.69. The van der Waals surface area contributed by atoms with Gasteiger partial charge in [-0.1, -0.05) is 29.6 Å². The maximum absolute atomic E-state index is 12.4. The minimum absolute atomic E-state index is 0.0509. The van der Waals surface area contributed by atoms with E-state index in [4.69, 9.17) is 23.2 Å². The standard InChI is InChI=1S/C13H17Cl2NO2S2/c1-7(10-5-8-2-3-9(10)4-8)16-20(17,18)11-6-12(14)19-13(11)15/h6-10,16H,2-5H2,1H3. The first-order chi connectivity index (χ1) is 9.37. The maximum atomic E-state index is 12.4. The summed E-state index contributed by atoms with van der Waals surface area (Å²) in [6, 6.07) is 1.37. The molecule has 2 bridgehead atoms. The van der Waals surface area contributed by atoms with E-state index in [9.17, 15) is 8.42 Å². The number of sulfonamides is 1. The van der Waals surface area contributed by atoms with Gasteiger partial charge in [-0.25, -0.2) is 13.1 Å². The average molecular weight is 354 g/mol. The molecule has 0 spiro atoms. The molecule has 4 unspecified atom stereocenters. The molecule has 3 rings (SSSR count). The molecule has 4 atom stereocenters. The molecule has 0 amide bonds. The van der Waals surface area contributed by atoms with Crippen LogP contribution in [0.25, 0.3) is 0 Å². The quantitative estimate of drug-likeness (QED) is 0.883. The number of thiophene rings is 1. The molecule has 2 aliphatic carbocycles. The molecule has 0 aromatic carbocycles. The van der Waals surface area contributed by atoms with Gasteiger partial charge >= 0.3 is 0 Å². The van der Waals surface area contributed by atoms with Gasteiger partial charge in [0.05, 0.1) is 4.34 Å². The minimum Gasteiger partial charge on any atom is -0.208 e. The summed E-state index contributed by atoms with van der Waals surface area (Å²) in [6.45, 7) is 1.96. The lowest BCUT2D eigenvalue weighted by atomic mass is 9.84. The molecule has 1 aromatic rings. The topological polar surface area (TPSA) is 46.2 Å². The SMILES string of the molecule is CC(NS(=O)(=O)c1cc(Cl)sc1Cl)C1CC2CCC1C2. The Morgan fingerprint density at radius 1 is 1.35 bits per heavy atom. The van der Waals surface area contributed by atoms with Crippen molar-refractivity contribution >= 4 is 44.6 Å². The summed E-state index contributed by atoms with van der Waals surface area (Å²) in [6.07, 6.45) is 4.97. The monoisotopic (exact) mass is 353 g/mol. The van der Waals surface area contributed by atoms with Crippen LogP contribution < -0.4 is 4.72 Å². The fourth-order valence-electron chi connectivity index (χ4n) is 3.81. The second kappa shape index (κ2) is 5.43. The van der Waals surface area contributed by atoms with Crippen molar-refractivity contribution in [2.75, 3.05) is 0 Å². The Bertz CT molecular complexity index is 614. The van der Waals surface area contributed by atoms with Crippen LogP contribution >= 0.6 is 34.5 Å². The van der Waals surface area contributed by atoms with Gasteiger partial charge in [0.15, 0.2) is 0 Å². The van der Waals surface area contributed by atoms with Crippen LogP contribution in [0.1, 0.15) is 32.6 Å². The molecule has 0 radical (unpaired) electrons. The molecule has 112 valence electrons. The lowest BCUT2D eigenvalue weighted by Crippen LogP contribution is -2.40. The van der Waals surface area contributed by atoms with Crippen LogP contribution in [0.15, 0.2) is 11.0 Å². The van der Waals surface area contributed by atoms with Gasteiger partial charge in [-0.15, -0.1) is 11.3 Å². The minimum atomic E-state index is -3.58. The predicted molar refractivity (Wildman–Crippen MR) is 83.1 cm³/mol. The van der Waals surface area contributed by atoms with E-state index in [1.807, 2.05) is 6.92 Å². The summed E-state index contributed by atoms with van der Waals surface area (Å²) >= 11 is 12.9. The molecular weight excluding hydrogens is 337 g/mol. The van der Waals surface area contributed by atoms with E-state index in [0.29, 0.717) is 16.2 Å². The molecule has 1 aromatic heterocycles. The number of hydrogen-bond acceptors (Lipinski definition) is 3. The molecule has 2 fully saturated rings. The number of hydrogen-bond donors (Lipinski definition) is 1. The highest BCUT2D eigenvalue weighted by molar-refractivity contribution is 7.89. The summed E-state index contributed by atoms with van der Waals surface area (Å²) < 4.78 is 28.2. The van der Waals surface area contributed by atoms with Gasteiger partial charge in [0.1, 0.15) is 9.23 Å². The third kappa shape index (κ3) is 2.75. The molecule has 1 heterocycles. The van der Waals surface area contributed by atoms with E-state index in [0.717, 1.165) is 23.7 Å². The number of fused-ring (bicyclic) bond motifs is 2.